The minimum absolute atomic E-state index is 0.0198. The zero-order valence-electron chi connectivity index (χ0n) is 38.0. The molecule has 2 saturated carbocycles. The Balaban J connectivity index is 0.000000185. The molecule has 3 aromatic carbocycles. The molecule has 0 bridgehead atoms. The summed E-state index contributed by atoms with van der Waals surface area (Å²) in [6.07, 6.45) is 7.65. The molecular weight excluding hydrogens is 908 g/mol. The number of aryl methyl sites for hydroxylation is 3. The molecule has 17 heteroatoms. The van der Waals surface area contributed by atoms with E-state index in [2.05, 4.69) is 57.4 Å². The van der Waals surface area contributed by atoms with E-state index in [1.807, 2.05) is 63.2 Å². The van der Waals surface area contributed by atoms with Gasteiger partial charge in [0.05, 0.1) is 46.4 Å². The van der Waals surface area contributed by atoms with E-state index in [4.69, 9.17) is 4.74 Å². The van der Waals surface area contributed by atoms with Gasteiger partial charge in [-0.3, -0.25) is 9.59 Å². The number of ether oxygens (including phenoxy) is 1. The molecule has 344 valence electrons. The average Bonchev–Trinajstić information content (AvgIpc) is 4.16. The number of amides is 2. The molecule has 0 radical (unpaired) electrons. The quantitative estimate of drug-likeness (QED) is 0.0612. The Morgan fingerprint density at radius 3 is 1.65 bits per heavy atom. The highest BCUT2D eigenvalue weighted by atomic mass is 79.9. The topological polar surface area (TPSA) is 192 Å². The Morgan fingerprint density at radius 2 is 1.18 bits per heavy atom. The lowest BCUT2D eigenvalue weighted by atomic mass is 10.0. The normalized spacial score (nSPS) is 13.9. The van der Waals surface area contributed by atoms with Gasteiger partial charge in [-0.15, -0.1) is 5.10 Å². The number of hydrogen-bond donors (Lipinski definition) is 6. The number of carbonyl (C=O) groups is 2. The van der Waals surface area contributed by atoms with Gasteiger partial charge in [0.25, 0.3) is 11.8 Å². The summed E-state index contributed by atoms with van der Waals surface area (Å²) < 4.78 is 23.9. The molecule has 4 aromatic heterocycles. The van der Waals surface area contributed by atoms with Gasteiger partial charge in [0.15, 0.2) is 11.3 Å². The van der Waals surface area contributed by atoms with Gasteiger partial charge in [-0.05, 0) is 143 Å². The summed E-state index contributed by atoms with van der Waals surface area (Å²) in [7, 11) is 0. The molecule has 7 aromatic rings. The summed E-state index contributed by atoms with van der Waals surface area (Å²) in [4.78, 5) is 34.1. The molecule has 2 fully saturated rings. The number of anilines is 2. The number of hydrogen-bond acceptors (Lipinski definition) is 11. The van der Waals surface area contributed by atoms with Gasteiger partial charge in [0.1, 0.15) is 16.2 Å². The number of nitrogens with zero attached hydrogens (tertiary/aromatic N) is 6. The SMILES string of the molecule is Cc1cc(-c2cnc3c(NCC(C)(C)O)cc(Br)nn23)ccc1C(=O)NC1CC1.Cc1ccc(F)cc1Oc1cc(NCC(C)(C)O)c2ncc(-c3ccc(C(=O)NC4CC4)c(C)c3)n2n1. The molecular formula is C49H54BrFN10O5. The molecule has 0 spiro atoms. The summed E-state index contributed by atoms with van der Waals surface area (Å²) in [5.41, 5.74) is 7.87. The zero-order valence-corrected chi connectivity index (χ0v) is 39.5. The Bertz CT molecular complexity index is 2970. The number of carbonyl (C=O) groups excluding carboxylic acids is 2. The lowest BCUT2D eigenvalue weighted by Crippen LogP contribution is -2.29. The standard InChI is InChI=1S/C28H30FN5O3.C21H24BrN5O2/c1-16-5-7-19(29)12-24(16)37-25-13-22(31-15-28(3,4)36)26-30-14-23(34(26)33-25)18-6-10-21(17(2)11-18)27(35)32-20-8-9-20;1-12-8-13(4-7-15(12)20(28)25-14-5-6-14)17-10-23-19-16(24-11-21(2,3)29)9-18(22)26-27(17)19/h5-7,10-14,20,31,36H,8-9,15H2,1-4H3,(H,32,35);4,7-10,14,24,29H,5-6,11H2,1-3H3,(H,25,28). The molecule has 6 N–H and O–H groups in total. The summed E-state index contributed by atoms with van der Waals surface area (Å²) in [6.45, 7) is 13.2. The molecule has 9 rings (SSSR count). The van der Waals surface area contributed by atoms with Crippen molar-refractivity contribution in [1.82, 2.24) is 39.8 Å². The van der Waals surface area contributed by atoms with E-state index in [-0.39, 0.29) is 30.3 Å². The first-order chi connectivity index (χ1) is 31.3. The number of fused-ring (bicyclic) bond motifs is 2. The minimum atomic E-state index is -0.968. The van der Waals surface area contributed by atoms with Crippen LogP contribution in [0.15, 0.2) is 83.7 Å². The Hall–Kier alpha value is -6.43. The fourth-order valence-electron chi connectivity index (χ4n) is 7.15. The van der Waals surface area contributed by atoms with Crippen molar-refractivity contribution in [2.24, 2.45) is 0 Å². The van der Waals surface area contributed by atoms with Crippen molar-refractivity contribution in [3.05, 3.63) is 117 Å². The van der Waals surface area contributed by atoms with Gasteiger partial charge in [-0.2, -0.15) is 5.10 Å². The molecule has 2 aliphatic rings. The van der Waals surface area contributed by atoms with E-state index < -0.39 is 17.0 Å². The number of halogens is 2. The average molecular weight is 962 g/mol. The summed E-state index contributed by atoms with van der Waals surface area (Å²) in [5, 5.41) is 42.0. The number of aliphatic hydroxyl groups is 2. The van der Waals surface area contributed by atoms with Crippen molar-refractivity contribution in [1.29, 1.82) is 0 Å². The predicted octanol–water partition coefficient (Wildman–Crippen LogP) is 8.56. The maximum atomic E-state index is 13.9. The van der Waals surface area contributed by atoms with E-state index in [9.17, 15) is 24.2 Å². The predicted molar refractivity (Wildman–Crippen MR) is 256 cm³/mol. The summed E-state index contributed by atoms with van der Waals surface area (Å²) in [6, 6.07) is 19.8. The molecule has 0 unspecified atom stereocenters. The first kappa shape index (κ1) is 46.1. The number of aromatic nitrogens is 6. The number of rotatable bonds is 14. The highest BCUT2D eigenvalue weighted by Gasteiger charge is 2.26. The first-order valence-corrected chi connectivity index (χ1v) is 22.7. The monoisotopic (exact) mass is 960 g/mol. The van der Waals surface area contributed by atoms with Crippen LogP contribution in [-0.2, 0) is 0 Å². The van der Waals surface area contributed by atoms with Crippen LogP contribution >= 0.6 is 15.9 Å². The van der Waals surface area contributed by atoms with Gasteiger partial charge in [-0.25, -0.2) is 23.4 Å². The van der Waals surface area contributed by atoms with Crippen LogP contribution in [0, 0.1) is 26.6 Å². The third kappa shape index (κ3) is 11.1. The van der Waals surface area contributed by atoms with Crippen molar-refractivity contribution in [3.8, 4) is 34.1 Å². The second-order valence-corrected chi connectivity index (χ2v) is 19.2. The van der Waals surface area contributed by atoms with Crippen LogP contribution in [0.25, 0.3) is 33.8 Å². The molecule has 0 aliphatic heterocycles. The number of imidazole rings is 2. The van der Waals surface area contributed by atoms with Crippen molar-refractivity contribution < 1.29 is 28.9 Å². The van der Waals surface area contributed by atoms with Crippen LogP contribution < -0.4 is 26.0 Å². The Morgan fingerprint density at radius 1 is 0.697 bits per heavy atom. The van der Waals surface area contributed by atoms with E-state index in [1.165, 1.54) is 12.1 Å². The van der Waals surface area contributed by atoms with Gasteiger partial charge in [-0.1, -0.05) is 18.2 Å². The van der Waals surface area contributed by atoms with E-state index >= 15 is 0 Å². The fourth-order valence-corrected chi connectivity index (χ4v) is 7.53. The molecule has 15 nitrogen and oxygen atoms in total. The smallest absolute Gasteiger partial charge is 0.251 e. The van der Waals surface area contributed by atoms with Crippen LogP contribution in [0.3, 0.4) is 0 Å². The molecule has 66 heavy (non-hydrogen) atoms. The maximum absolute atomic E-state index is 13.9. The van der Waals surface area contributed by atoms with Gasteiger partial charge in [0.2, 0.25) is 5.88 Å². The largest absolute Gasteiger partial charge is 0.437 e. The van der Waals surface area contributed by atoms with E-state index in [0.717, 1.165) is 64.9 Å². The molecule has 2 amide bonds. The molecule has 4 heterocycles. The molecule has 0 atom stereocenters. The van der Waals surface area contributed by atoms with Crippen LogP contribution in [0.1, 0.15) is 90.8 Å². The molecule has 0 saturated heterocycles. The van der Waals surface area contributed by atoms with Crippen molar-refractivity contribution in [2.75, 3.05) is 23.7 Å². The van der Waals surface area contributed by atoms with E-state index in [1.54, 1.807) is 61.3 Å². The Labute approximate surface area is 390 Å². The van der Waals surface area contributed by atoms with Crippen molar-refractivity contribution >= 4 is 50.4 Å². The first-order valence-electron chi connectivity index (χ1n) is 21.9. The number of benzene rings is 3. The molecule has 2 aliphatic carbocycles. The van der Waals surface area contributed by atoms with E-state index in [0.29, 0.717) is 56.7 Å². The van der Waals surface area contributed by atoms with Crippen LogP contribution in [-0.4, -0.2) is 87.6 Å². The van der Waals surface area contributed by atoms with Crippen LogP contribution in [0.5, 0.6) is 11.6 Å². The zero-order chi connectivity index (χ0) is 47.1. The Kier molecular flexibility index (Phi) is 12.9. The van der Waals surface area contributed by atoms with Gasteiger partial charge < -0.3 is 36.2 Å². The van der Waals surface area contributed by atoms with Gasteiger partial charge >= 0.3 is 0 Å². The highest BCUT2D eigenvalue weighted by Crippen LogP contribution is 2.33. The lowest BCUT2D eigenvalue weighted by Gasteiger charge is -2.19. The second kappa shape index (κ2) is 18.5. The third-order valence-electron chi connectivity index (χ3n) is 11.0. The highest BCUT2D eigenvalue weighted by molar-refractivity contribution is 9.10. The summed E-state index contributed by atoms with van der Waals surface area (Å²) in [5.74, 6) is 0.0853. The third-order valence-corrected chi connectivity index (χ3v) is 11.4. The van der Waals surface area contributed by atoms with Crippen molar-refractivity contribution in [2.45, 2.75) is 97.4 Å². The number of nitrogens with one attached hydrogen (secondary N) is 4. The van der Waals surface area contributed by atoms with Crippen LogP contribution in [0.2, 0.25) is 0 Å². The second-order valence-electron chi connectivity index (χ2n) is 18.4. The fraction of sp³-hybridized carbons (Fsp3) is 0.347. The lowest BCUT2D eigenvalue weighted by molar-refractivity contribution is 0.0939. The maximum Gasteiger partial charge on any atom is 0.251 e. The minimum Gasteiger partial charge on any atom is -0.437 e. The summed E-state index contributed by atoms with van der Waals surface area (Å²) >= 11 is 3.45. The van der Waals surface area contributed by atoms with Gasteiger partial charge in [0, 0.05) is 59.6 Å². The van der Waals surface area contributed by atoms with Crippen LogP contribution in [0.4, 0.5) is 15.8 Å². The van der Waals surface area contributed by atoms with Crippen molar-refractivity contribution in [3.63, 3.8) is 0 Å².